The van der Waals surface area contributed by atoms with E-state index >= 15 is 0 Å². The predicted molar refractivity (Wildman–Crippen MR) is 47.9 cm³/mol. The highest BCUT2D eigenvalue weighted by Gasteiger charge is 2.06. The van der Waals surface area contributed by atoms with Crippen molar-refractivity contribution in [3.8, 4) is 6.07 Å². The number of aromatic nitrogens is 2. The van der Waals surface area contributed by atoms with Gasteiger partial charge in [-0.2, -0.15) is 10.4 Å². The number of aliphatic hydroxyl groups is 1. The molecule has 1 aromatic heterocycles. The Morgan fingerprint density at radius 1 is 1.69 bits per heavy atom. The molecule has 1 N–H and O–H groups in total. The highest BCUT2D eigenvalue weighted by Crippen LogP contribution is 2.12. The largest absolute Gasteiger partial charge is 0.376 e. The van der Waals surface area contributed by atoms with Crippen LogP contribution in [0, 0.1) is 11.3 Å². The zero-order valence-corrected chi connectivity index (χ0v) is 7.81. The fourth-order valence-electron chi connectivity index (χ4n) is 0.996. The van der Waals surface area contributed by atoms with Crippen molar-refractivity contribution in [1.29, 1.82) is 5.26 Å². The summed E-state index contributed by atoms with van der Waals surface area (Å²) < 4.78 is 1.59. The summed E-state index contributed by atoms with van der Waals surface area (Å²) in [6.07, 6.45) is 2.64. The van der Waals surface area contributed by atoms with Gasteiger partial charge in [0.2, 0.25) is 0 Å². The van der Waals surface area contributed by atoms with Crippen molar-refractivity contribution in [2.45, 2.75) is 32.4 Å². The third kappa shape index (κ3) is 2.56. The molecule has 0 fully saturated rings. The molecule has 4 heteroatoms. The molecule has 70 valence electrons. The van der Waals surface area contributed by atoms with Gasteiger partial charge in [-0.1, -0.05) is 13.8 Å². The molecule has 1 aromatic rings. The van der Waals surface area contributed by atoms with E-state index in [0.717, 1.165) is 5.56 Å². The van der Waals surface area contributed by atoms with Crippen LogP contribution >= 0.6 is 0 Å². The first-order valence-corrected chi connectivity index (χ1v) is 4.23. The number of aliphatic hydroxyl groups excluding tert-OH is 1. The van der Waals surface area contributed by atoms with Crippen LogP contribution in [0.5, 0.6) is 0 Å². The summed E-state index contributed by atoms with van der Waals surface area (Å²) in [4.78, 5) is 0. The molecule has 0 spiro atoms. The van der Waals surface area contributed by atoms with Gasteiger partial charge in [-0.15, -0.1) is 0 Å². The Labute approximate surface area is 77.4 Å². The maximum Gasteiger partial charge on any atom is 0.159 e. The number of hydrogen-bond acceptors (Lipinski definition) is 3. The van der Waals surface area contributed by atoms with E-state index < -0.39 is 6.10 Å². The van der Waals surface area contributed by atoms with Crippen LogP contribution in [0.25, 0.3) is 0 Å². The van der Waals surface area contributed by atoms with Crippen LogP contribution in [0.15, 0.2) is 12.4 Å². The predicted octanol–water partition coefficient (Wildman–Crippen LogP) is 0.891. The lowest BCUT2D eigenvalue weighted by Crippen LogP contribution is -2.13. The van der Waals surface area contributed by atoms with Crippen LogP contribution in [0.1, 0.15) is 25.3 Å². The first-order chi connectivity index (χ1) is 6.13. The molecule has 0 radical (unpaired) electrons. The lowest BCUT2D eigenvalue weighted by molar-refractivity contribution is 0.202. The molecule has 4 nitrogen and oxygen atoms in total. The third-order valence-corrected chi connectivity index (χ3v) is 1.83. The van der Waals surface area contributed by atoms with E-state index in [1.54, 1.807) is 16.9 Å². The first kappa shape index (κ1) is 9.75. The Kier molecular flexibility index (Phi) is 3.04. The lowest BCUT2D eigenvalue weighted by Gasteiger charge is -2.01. The summed E-state index contributed by atoms with van der Waals surface area (Å²) in [5, 5.41) is 21.4. The molecule has 13 heavy (non-hydrogen) atoms. The van der Waals surface area contributed by atoms with Crippen molar-refractivity contribution in [1.82, 2.24) is 9.78 Å². The zero-order valence-electron chi connectivity index (χ0n) is 7.81. The van der Waals surface area contributed by atoms with Crippen molar-refractivity contribution in [2.75, 3.05) is 0 Å². The molecule has 1 unspecified atom stereocenters. The molecule has 0 saturated carbocycles. The van der Waals surface area contributed by atoms with Gasteiger partial charge in [-0.3, -0.25) is 4.68 Å². The summed E-state index contributed by atoms with van der Waals surface area (Å²) in [6.45, 7) is 4.38. The maximum atomic E-state index is 9.04. The van der Waals surface area contributed by atoms with Gasteiger partial charge >= 0.3 is 0 Å². The Morgan fingerprint density at radius 2 is 2.38 bits per heavy atom. The van der Waals surface area contributed by atoms with Crippen LogP contribution in [0.3, 0.4) is 0 Å². The lowest BCUT2D eigenvalue weighted by atomic mass is 10.1. The number of nitrogens with zero attached hydrogens (tertiary/aromatic N) is 3. The maximum absolute atomic E-state index is 9.04. The van der Waals surface area contributed by atoms with E-state index in [2.05, 4.69) is 18.9 Å². The smallest absolute Gasteiger partial charge is 0.159 e. The minimum atomic E-state index is -0.972. The molecule has 1 heterocycles. The van der Waals surface area contributed by atoms with Gasteiger partial charge in [0.25, 0.3) is 0 Å². The Bertz CT molecular complexity index is 311. The van der Waals surface area contributed by atoms with E-state index in [0.29, 0.717) is 5.92 Å². The van der Waals surface area contributed by atoms with E-state index in [-0.39, 0.29) is 6.54 Å². The fraction of sp³-hybridized carbons (Fsp3) is 0.556. The topological polar surface area (TPSA) is 61.8 Å². The molecule has 0 aromatic carbocycles. The van der Waals surface area contributed by atoms with Crippen LogP contribution < -0.4 is 0 Å². The first-order valence-electron chi connectivity index (χ1n) is 4.23. The molecule has 1 atom stereocenters. The molecule has 1 rings (SSSR count). The van der Waals surface area contributed by atoms with Crippen molar-refractivity contribution >= 4 is 0 Å². The summed E-state index contributed by atoms with van der Waals surface area (Å²) in [5.41, 5.74) is 1.12. The second-order valence-corrected chi connectivity index (χ2v) is 3.30. The fourth-order valence-corrected chi connectivity index (χ4v) is 0.996. The van der Waals surface area contributed by atoms with E-state index in [1.807, 2.05) is 6.20 Å². The summed E-state index contributed by atoms with van der Waals surface area (Å²) in [6, 6.07) is 1.75. The number of hydrogen-bond donors (Lipinski definition) is 1. The van der Waals surface area contributed by atoms with Crippen molar-refractivity contribution < 1.29 is 5.11 Å². The van der Waals surface area contributed by atoms with Crippen LogP contribution in [-0.4, -0.2) is 21.0 Å². The quantitative estimate of drug-likeness (QED) is 0.701. The molecule has 0 aliphatic carbocycles. The Morgan fingerprint density at radius 3 is 2.85 bits per heavy atom. The summed E-state index contributed by atoms with van der Waals surface area (Å²) in [7, 11) is 0. The van der Waals surface area contributed by atoms with Crippen molar-refractivity contribution in [3.63, 3.8) is 0 Å². The zero-order chi connectivity index (χ0) is 9.84. The van der Waals surface area contributed by atoms with Crippen LogP contribution in [0.2, 0.25) is 0 Å². The van der Waals surface area contributed by atoms with Gasteiger partial charge in [0, 0.05) is 6.20 Å². The van der Waals surface area contributed by atoms with Crippen molar-refractivity contribution in [3.05, 3.63) is 18.0 Å². The van der Waals surface area contributed by atoms with Gasteiger partial charge in [-0.25, -0.2) is 0 Å². The van der Waals surface area contributed by atoms with Crippen molar-refractivity contribution in [2.24, 2.45) is 0 Å². The Hall–Kier alpha value is -1.34. The van der Waals surface area contributed by atoms with E-state index in [9.17, 15) is 0 Å². The number of rotatable bonds is 3. The normalized spacial score (nSPS) is 12.8. The minimum absolute atomic E-state index is 0.239. The highest BCUT2D eigenvalue weighted by molar-refractivity contribution is 5.08. The van der Waals surface area contributed by atoms with Gasteiger partial charge in [0.15, 0.2) is 6.10 Å². The van der Waals surface area contributed by atoms with Gasteiger partial charge in [0.05, 0.1) is 18.8 Å². The minimum Gasteiger partial charge on any atom is -0.376 e. The molecular formula is C9H13N3O. The van der Waals surface area contributed by atoms with Gasteiger partial charge < -0.3 is 5.11 Å². The molecule has 0 amide bonds. The second kappa shape index (κ2) is 4.06. The van der Waals surface area contributed by atoms with E-state index in [4.69, 9.17) is 10.4 Å². The molecular weight excluding hydrogens is 166 g/mol. The monoisotopic (exact) mass is 179 g/mol. The van der Waals surface area contributed by atoms with E-state index in [1.165, 1.54) is 0 Å². The average Bonchev–Trinajstić information content (AvgIpc) is 2.52. The standard InChI is InChI=1S/C9H13N3O/c1-7(2)8-4-11-12(5-8)6-9(13)3-10/h4-5,7,9,13H,6H2,1-2H3. The second-order valence-electron chi connectivity index (χ2n) is 3.30. The Balaban J connectivity index is 2.65. The molecule has 0 bridgehead atoms. The average molecular weight is 179 g/mol. The third-order valence-electron chi connectivity index (χ3n) is 1.83. The summed E-state index contributed by atoms with van der Waals surface area (Å²) >= 11 is 0. The van der Waals surface area contributed by atoms with Gasteiger partial charge in [0.1, 0.15) is 0 Å². The van der Waals surface area contributed by atoms with Gasteiger partial charge in [-0.05, 0) is 11.5 Å². The van der Waals surface area contributed by atoms with Crippen LogP contribution in [-0.2, 0) is 6.54 Å². The van der Waals surface area contributed by atoms with Crippen LogP contribution in [0.4, 0.5) is 0 Å². The molecule has 0 saturated heterocycles. The highest BCUT2D eigenvalue weighted by atomic mass is 16.3. The molecule has 0 aliphatic heterocycles. The summed E-state index contributed by atoms with van der Waals surface area (Å²) in [5.74, 6) is 0.424. The number of nitriles is 1. The molecule has 0 aliphatic rings. The SMILES string of the molecule is CC(C)c1cnn(CC(O)C#N)c1.